The highest BCUT2D eigenvalue weighted by molar-refractivity contribution is 9.10. The molecule has 3 heteroatoms. The van der Waals surface area contributed by atoms with Crippen molar-refractivity contribution in [3.8, 4) is 0 Å². The summed E-state index contributed by atoms with van der Waals surface area (Å²) >= 11 is 3.45. The van der Waals surface area contributed by atoms with Crippen LogP contribution in [0.3, 0.4) is 0 Å². The first-order chi connectivity index (χ1) is 7.54. The average Bonchev–Trinajstić information content (AvgIpc) is 2.21. The maximum Gasteiger partial charge on any atom is 0.0467 e. The number of nitrogens with zero attached hydrogens (tertiary/aromatic N) is 1. The first kappa shape index (κ1) is 13.7. The molecule has 1 aromatic carbocycles. The van der Waals surface area contributed by atoms with E-state index in [1.54, 1.807) is 0 Å². The molecule has 0 aromatic heterocycles. The van der Waals surface area contributed by atoms with Crippen molar-refractivity contribution in [1.29, 1.82) is 0 Å². The van der Waals surface area contributed by atoms with Crippen LogP contribution in [-0.4, -0.2) is 25.0 Å². The Labute approximate surface area is 107 Å². The van der Waals surface area contributed by atoms with Gasteiger partial charge < -0.3 is 5.73 Å². The third kappa shape index (κ3) is 3.89. The molecule has 0 amide bonds. The van der Waals surface area contributed by atoms with Crippen molar-refractivity contribution >= 4 is 15.9 Å². The molecule has 16 heavy (non-hydrogen) atoms. The quantitative estimate of drug-likeness (QED) is 0.901. The van der Waals surface area contributed by atoms with Crippen LogP contribution in [0, 0.1) is 5.92 Å². The molecule has 90 valence electrons. The molecule has 1 rings (SSSR count). The van der Waals surface area contributed by atoms with Gasteiger partial charge >= 0.3 is 0 Å². The molecule has 0 saturated heterocycles. The Morgan fingerprint density at radius 1 is 1.25 bits per heavy atom. The second kappa shape index (κ2) is 6.38. The lowest BCUT2D eigenvalue weighted by molar-refractivity contribution is 0.223. The van der Waals surface area contributed by atoms with E-state index in [0.717, 1.165) is 11.0 Å². The number of rotatable bonds is 5. The Bertz CT molecular complexity index is 308. The third-order valence-electron chi connectivity index (χ3n) is 2.66. The van der Waals surface area contributed by atoms with E-state index in [4.69, 9.17) is 5.73 Å². The fourth-order valence-electron chi connectivity index (χ4n) is 1.96. The van der Waals surface area contributed by atoms with Crippen LogP contribution < -0.4 is 5.73 Å². The molecule has 0 heterocycles. The number of halogens is 1. The average molecular weight is 285 g/mol. The molecule has 0 aliphatic rings. The fourth-order valence-corrected chi connectivity index (χ4v) is 2.22. The van der Waals surface area contributed by atoms with Crippen LogP contribution >= 0.6 is 15.9 Å². The van der Waals surface area contributed by atoms with Crippen molar-refractivity contribution in [1.82, 2.24) is 4.90 Å². The minimum Gasteiger partial charge on any atom is -0.329 e. The summed E-state index contributed by atoms with van der Waals surface area (Å²) in [4.78, 5) is 2.33. The van der Waals surface area contributed by atoms with E-state index in [1.807, 2.05) is 0 Å². The van der Waals surface area contributed by atoms with Crippen LogP contribution in [-0.2, 0) is 0 Å². The first-order valence-electron chi connectivity index (χ1n) is 5.70. The van der Waals surface area contributed by atoms with Gasteiger partial charge in [-0.3, -0.25) is 4.90 Å². The molecule has 2 nitrogen and oxygen atoms in total. The molecule has 0 aliphatic carbocycles. The predicted octanol–water partition coefficient (Wildman–Crippen LogP) is 3.04. The van der Waals surface area contributed by atoms with Crippen molar-refractivity contribution < 1.29 is 0 Å². The van der Waals surface area contributed by atoms with Gasteiger partial charge in [0.1, 0.15) is 0 Å². The standard InChI is InChI=1S/C13H21BrN2/c1-10(2)9-16(3)13(8-15)11-4-6-12(14)7-5-11/h4-7,10,13H,8-9,15H2,1-3H3. The van der Waals surface area contributed by atoms with Gasteiger partial charge in [-0.15, -0.1) is 0 Å². The summed E-state index contributed by atoms with van der Waals surface area (Å²) < 4.78 is 1.11. The topological polar surface area (TPSA) is 29.3 Å². The van der Waals surface area contributed by atoms with E-state index in [9.17, 15) is 0 Å². The minimum atomic E-state index is 0.315. The van der Waals surface area contributed by atoms with Gasteiger partial charge in [0.15, 0.2) is 0 Å². The second-order valence-corrected chi connectivity index (χ2v) is 5.55. The Hall–Kier alpha value is -0.380. The van der Waals surface area contributed by atoms with Gasteiger partial charge in [0.05, 0.1) is 0 Å². The van der Waals surface area contributed by atoms with Gasteiger partial charge in [-0.25, -0.2) is 0 Å². The van der Waals surface area contributed by atoms with Gasteiger partial charge in [-0.2, -0.15) is 0 Å². The number of nitrogens with two attached hydrogens (primary N) is 1. The van der Waals surface area contributed by atoms with E-state index < -0.39 is 0 Å². The lowest BCUT2D eigenvalue weighted by Gasteiger charge is -2.28. The molecule has 0 bridgehead atoms. The number of hydrogen-bond acceptors (Lipinski definition) is 2. The molecule has 0 aliphatic heterocycles. The summed E-state index contributed by atoms with van der Waals surface area (Å²) in [5.74, 6) is 0.662. The van der Waals surface area contributed by atoms with Gasteiger partial charge in [0.2, 0.25) is 0 Å². The molecular formula is C13H21BrN2. The normalized spacial score (nSPS) is 13.4. The fraction of sp³-hybridized carbons (Fsp3) is 0.538. The van der Waals surface area contributed by atoms with Crippen molar-refractivity contribution in [2.45, 2.75) is 19.9 Å². The van der Waals surface area contributed by atoms with E-state index >= 15 is 0 Å². The first-order valence-corrected chi connectivity index (χ1v) is 6.49. The molecule has 0 spiro atoms. The van der Waals surface area contributed by atoms with E-state index in [2.05, 4.69) is 66.0 Å². The van der Waals surface area contributed by atoms with Gasteiger partial charge in [0, 0.05) is 23.6 Å². The summed E-state index contributed by atoms with van der Waals surface area (Å²) in [6, 6.07) is 8.73. The monoisotopic (exact) mass is 284 g/mol. The minimum absolute atomic E-state index is 0.315. The molecule has 1 atom stereocenters. The van der Waals surface area contributed by atoms with Crippen molar-refractivity contribution in [3.05, 3.63) is 34.3 Å². The molecule has 2 N–H and O–H groups in total. The zero-order valence-electron chi connectivity index (χ0n) is 10.3. The molecule has 0 fully saturated rings. The van der Waals surface area contributed by atoms with Crippen molar-refractivity contribution in [3.63, 3.8) is 0 Å². The molecular weight excluding hydrogens is 264 g/mol. The molecule has 0 saturated carbocycles. The predicted molar refractivity (Wildman–Crippen MR) is 73.4 cm³/mol. The third-order valence-corrected chi connectivity index (χ3v) is 3.19. The lowest BCUT2D eigenvalue weighted by Crippen LogP contribution is -2.33. The largest absolute Gasteiger partial charge is 0.329 e. The lowest BCUT2D eigenvalue weighted by atomic mass is 10.0. The van der Waals surface area contributed by atoms with Crippen molar-refractivity contribution in [2.75, 3.05) is 20.1 Å². The SMILES string of the molecule is CC(C)CN(C)C(CN)c1ccc(Br)cc1. The Morgan fingerprint density at radius 2 is 1.81 bits per heavy atom. The van der Waals surface area contributed by atoms with Gasteiger partial charge in [-0.05, 0) is 30.7 Å². The van der Waals surface area contributed by atoms with Crippen LogP contribution in [0.5, 0.6) is 0 Å². The van der Waals surface area contributed by atoms with E-state index in [-0.39, 0.29) is 0 Å². The highest BCUT2D eigenvalue weighted by Crippen LogP contribution is 2.21. The summed E-state index contributed by atoms with van der Waals surface area (Å²) in [6.07, 6.45) is 0. The second-order valence-electron chi connectivity index (χ2n) is 4.64. The smallest absolute Gasteiger partial charge is 0.0467 e. The number of hydrogen-bond donors (Lipinski definition) is 1. The van der Waals surface area contributed by atoms with E-state index in [0.29, 0.717) is 18.5 Å². The zero-order valence-corrected chi connectivity index (χ0v) is 11.9. The Morgan fingerprint density at radius 3 is 2.25 bits per heavy atom. The molecule has 1 unspecified atom stereocenters. The summed E-state index contributed by atoms with van der Waals surface area (Å²) in [6.45, 7) is 6.18. The van der Waals surface area contributed by atoms with Crippen LogP contribution in [0.4, 0.5) is 0 Å². The van der Waals surface area contributed by atoms with Crippen LogP contribution in [0.25, 0.3) is 0 Å². The highest BCUT2D eigenvalue weighted by atomic mass is 79.9. The Kier molecular flexibility index (Phi) is 5.46. The van der Waals surface area contributed by atoms with Gasteiger partial charge in [-0.1, -0.05) is 41.9 Å². The summed E-state index contributed by atoms with van der Waals surface area (Å²) in [5, 5.41) is 0. The molecule has 1 aromatic rings. The maximum absolute atomic E-state index is 5.87. The summed E-state index contributed by atoms with van der Waals surface area (Å²) in [5.41, 5.74) is 7.15. The molecule has 0 radical (unpaired) electrons. The Balaban J connectivity index is 2.77. The summed E-state index contributed by atoms with van der Waals surface area (Å²) in [7, 11) is 2.14. The number of likely N-dealkylation sites (N-methyl/N-ethyl adjacent to an activating group) is 1. The number of benzene rings is 1. The van der Waals surface area contributed by atoms with Gasteiger partial charge in [0.25, 0.3) is 0 Å². The van der Waals surface area contributed by atoms with Crippen LogP contribution in [0.1, 0.15) is 25.5 Å². The zero-order chi connectivity index (χ0) is 12.1. The van der Waals surface area contributed by atoms with Crippen LogP contribution in [0.15, 0.2) is 28.7 Å². The van der Waals surface area contributed by atoms with Crippen molar-refractivity contribution in [2.24, 2.45) is 11.7 Å². The highest BCUT2D eigenvalue weighted by Gasteiger charge is 2.15. The maximum atomic E-state index is 5.87. The van der Waals surface area contributed by atoms with Crippen LogP contribution in [0.2, 0.25) is 0 Å². The van der Waals surface area contributed by atoms with E-state index in [1.165, 1.54) is 5.56 Å².